The SMILES string of the molecule is CC(=Nc1cccc(C(=O)O)c1)c1c(O)n(C2CCCCC2)c(=O)[nH]c1=O. The number of hydrogen-bond acceptors (Lipinski definition) is 5. The van der Waals surface area contributed by atoms with Crippen molar-refractivity contribution in [3.8, 4) is 5.88 Å². The fourth-order valence-corrected chi connectivity index (χ4v) is 3.50. The molecule has 3 N–H and O–H groups in total. The Morgan fingerprint density at radius 3 is 2.59 bits per heavy atom. The molecule has 27 heavy (non-hydrogen) atoms. The number of aromatic hydroxyl groups is 1. The van der Waals surface area contributed by atoms with Gasteiger partial charge in [0.2, 0.25) is 5.88 Å². The van der Waals surface area contributed by atoms with Crippen molar-refractivity contribution in [2.75, 3.05) is 0 Å². The van der Waals surface area contributed by atoms with Gasteiger partial charge in [0.15, 0.2) is 0 Å². The molecular formula is C19H21N3O5. The van der Waals surface area contributed by atoms with Gasteiger partial charge in [-0.1, -0.05) is 25.3 Å². The zero-order chi connectivity index (χ0) is 19.6. The third kappa shape index (κ3) is 3.84. The number of aromatic carboxylic acids is 1. The largest absolute Gasteiger partial charge is 0.494 e. The molecule has 8 nitrogen and oxygen atoms in total. The van der Waals surface area contributed by atoms with Crippen molar-refractivity contribution in [2.24, 2.45) is 4.99 Å². The van der Waals surface area contributed by atoms with E-state index in [2.05, 4.69) is 9.98 Å². The first kappa shape index (κ1) is 18.6. The summed E-state index contributed by atoms with van der Waals surface area (Å²) in [6.07, 6.45) is 4.52. The van der Waals surface area contributed by atoms with Gasteiger partial charge in [0.1, 0.15) is 5.56 Å². The molecule has 2 aromatic rings. The number of hydrogen-bond donors (Lipinski definition) is 3. The third-order valence-electron chi connectivity index (χ3n) is 4.81. The van der Waals surface area contributed by atoms with Crippen molar-refractivity contribution < 1.29 is 15.0 Å². The van der Waals surface area contributed by atoms with Gasteiger partial charge in [-0.3, -0.25) is 19.3 Å². The number of aromatic nitrogens is 2. The van der Waals surface area contributed by atoms with Crippen LogP contribution in [-0.4, -0.2) is 31.4 Å². The first-order valence-electron chi connectivity index (χ1n) is 8.85. The molecular weight excluding hydrogens is 350 g/mol. The van der Waals surface area contributed by atoms with E-state index < -0.39 is 23.1 Å². The average molecular weight is 371 g/mol. The molecule has 1 fully saturated rings. The highest BCUT2D eigenvalue weighted by atomic mass is 16.4. The van der Waals surface area contributed by atoms with Crippen molar-refractivity contribution in [3.63, 3.8) is 0 Å². The van der Waals surface area contributed by atoms with E-state index in [1.165, 1.54) is 23.6 Å². The molecule has 0 unspecified atom stereocenters. The molecule has 142 valence electrons. The molecule has 0 atom stereocenters. The summed E-state index contributed by atoms with van der Waals surface area (Å²) in [4.78, 5) is 42.2. The number of H-pyrrole nitrogens is 1. The van der Waals surface area contributed by atoms with Gasteiger partial charge in [-0.25, -0.2) is 9.59 Å². The molecule has 1 saturated carbocycles. The summed E-state index contributed by atoms with van der Waals surface area (Å²) in [6.45, 7) is 1.54. The zero-order valence-corrected chi connectivity index (χ0v) is 14.9. The number of carbonyl (C=O) groups is 1. The Kier molecular flexibility index (Phi) is 5.25. The number of carboxylic acids is 1. The van der Waals surface area contributed by atoms with Gasteiger partial charge in [0, 0.05) is 6.04 Å². The average Bonchev–Trinajstić information content (AvgIpc) is 2.62. The molecule has 0 radical (unpaired) electrons. The number of carboxylic acid groups (broad SMARTS) is 1. The van der Waals surface area contributed by atoms with Crippen LogP contribution < -0.4 is 11.2 Å². The van der Waals surface area contributed by atoms with Crippen LogP contribution in [0.1, 0.15) is 61.0 Å². The second-order valence-electron chi connectivity index (χ2n) is 6.67. The van der Waals surface area contributed by atoms with E-state index in [4.69, 9.17) is 5.11 Å². The molecule has 0 spiro atoms. The topological polar surface area (TPSA) is 125 Å². The number of rotatable bonds is 4. The number of benzene rings is 1. The fraction of sp³-hybridized carbons (Fsp3) is 0.368. The highest BCUT2D eigenvalue weighted by Gasteiger charge is 2.24. The van der Waals surface area contributed by atoms with E-state index in [9.17, 15) is 19.5 Å². The summed E-state index contributed by atoms with van der Waals surface area (Å²) in [7, 11) is 0. The summed E-state index contributed by atoms with van der Waals surface area (Å²) in [5.41, 5.74) is -0.841. The molecule has 0 bridgehead atoms. The van der Waals surface area contributed by atoms with Crippen molar-refractivity contribution in [1.29, 1.82) is 0 Å². The Bertz CT molecular complexity index is 1010. The molecule has 1 aliphatic carbocycles. The Morgan fingerprint density at radius 1 is 1.22 bits per heavy atom. The van der Waals surface area contributed by atoms with Crippen LogP contribution >= 0.6 is 0 Å². The molecule has 0 saturated heterocycles. The number of nitrogens with zero attached hydrogens (tertiary/aromatic N) is 2. The van der Waals surface area contributed by atoms with Crippen LogP contribution in [0, 0.1) is 0 Å². The third-order valence-corrected chi connectivity index (χ3v) is 4.81. The highest BCUT2D eigenvalue weighted by molar-refractivity contribution is 6.02. The van der Waals surface area contributed by atoms with E-state index in [1.807, 2.05) is 0 Å². The van der Waals surface area contributed by atoms with Crippen molar-refractivity contribution in [3.05, 3.63) is 56.2 Å². The normalized spacial score (nSPS) is 15.7. The lowest BCUT2D eigenvalue weighted by Crippen LogP contribution is -2.36. The summed E-state index contributed by atoms with van der Waals surface area (Å²) in [5.74, 6) is -1.48. The van der Waals surface area contributed by atoms with Crippen LogP contribution in [0.3, 0.4) is 0 Å². The standard InChI is InChI=1S/C19H21N3O5/c1-11(20-13-7-5-6-12(10-13)18(25)26)15-16(23)21-19(27)22(17(15)24)14-8-3-2-4-9-14/h5-7,10,14,24H,2-4,8-9H2,1H3,(H,25,26)(H,21,23,27). The summed E-state index contributed by atoms with van der Waals surface area (Å²) in [6, 6.07) is 5.78. The van der Waals surface area contributed by atoms with Crippen LogP contribution in [0.25, 0.3) is 0 Å². The first-order chi connectivity index (χ1) is 12.9. The van der Waals surface area contributed by atoms with Gasteiger partial charge in [-0.15, -0.1) is 0 Å². The summed E-state index contributed by atoms with van der Waals surface area (Å²) in [5, 5.41) is 19.7. The second kappa shape index (κ2) is 7.61. The Balaban J connectivity index is 2.08. The van der Waals surface area contributed by atoms with Gasteiger partial charge in [-0.05, 0) is 38.0 Å². The summed E-state index contributed by atoms with van der Waals surface area (Å²) < 4.78 is 1.24. The maximum Gasteiger partial charge on any atom is 0.335 e. The maximum absolute atomic E-state index is 12.3. The predicted octanol–water partition coefficient (Wildman–Crippen LogP) is 2.59. The highest BCUT2D eigenvalue weighted by Crippen LogP contribution is 2.30. The molecule has 1 aromatic carbocycles. The van der Waals surface area contributed by atoms with Gasteiger partial charge in [0.05, 0.1) is 17.0 Å². The van der Waals surface area contributed by atoms with E-state index in [1.54, 1.807) is 12.1 Å². The molecule has 3 rings (SSSR count). The van der Waals surface area contributed by atoms with Gasteiger partial charge >= 0.3 is 11.7 Å². The molecule has 0 amide bonds. The lowest BCUT2D eigenvalue weighted by Gasteiger charge is -2.25. The minimum Gasteiger partial charge on any atom is -0.494 e. The lowest BCUT2D eigenvalue weighted by atomic mass is 9.95. The molecule has 1 aliphatic rings. The molecule has 1 aromatic heterocycles. The quantitative estimate of drug-likeness (QED) is 0.713. The van der Waals surface area contributed by atoms with Gasteiger partial charge in [-0.2, -0.15) is 0 Å². The van der Waals surface area contributed by atoms with E-state index in [0.29, 0.717) is 5.69 Å². The number of aliphatic imine (C=N–C) groups is 1. The number of nitrogens with one attached hydrogen (secondary N) is 1. The second-order valence-corrected chi connectivity index (χ2v) is 6.67. The molecule has 0 aliphatic heterocycles. The van der Waals surface area contributed by atoms with Crippen molar-refractivity contribution >= 4 is 17.4 Å². The van der Waals surface area contributed by atoms with Crippen molar-refractivity contribution in [1.82, 2.24) is 9.55 Å². The molecule has 1 heterocycles. The smallest absolute Gasteiger partial charge is 0.335 e. The van der Waals surface area contributed by atoms with Gasteiger partial charge in [0.25, 0.3) is 5.56 Å². The van der Waals surface area contributed by atoms with Crippen LogP contribution in [0.5, 0.6) is 5.88 Å². The lowest BCUT2D eigenvalue weighted by molar-refractivity contribution is 0.0697. The van der Waals surface area contributed by atoms with Crippen LogP contribution in [0.15, 0.2) is 38.8 Å². The molecule has 8 heteroatoms. The van der Waals surface area contributed by atoms with E-state index >= 15 is 0 Å². The Labute approximate surface area is 154 Å². The van der Waals surface area contributed by atoms with Gasteiger partial charge < -0.3 is 10.2 Å². The fourth-order valence-electron chi connectivity index (χ4n) is 3.50. The Hall–Kier alpha value is -3.16. The monoisotopic (exact) mass is 371 g/mol. The minimum absolute atomic E-state index is 0.0642. The first-order valence-corrected chi connectivity index (χ1v) is 8.85. The van der Waals surface area contributed by atoms with Crippen LogP contribution in [0.4, 0.5) is 5.69 Å². The summed E-state index contributed by atoms with van der Waals surface area (Å²) >= 11 is 0. The Morgan fingerprint density at radius 2 is 1.93 bits per heavy atom. The number of aromatic amines is 1. The minimum atomic E-state index is -1.09. The van der Waals surface area contributed by atoms with E-state index in [-0.39, 0.29) is 22.9 Å². The maximum atomic E-state index is 12.3. The van der Waals surface area contributed by atoms with Crippen LogP contribution in [-0.2, 0) is 0 Å². The van der Waals surface area contributed by atoms with Crippen molar-refractivity contribution in [2.45, 2.75) is 45.1 Å². The zero-order valence-electron chi connectivity index (χ0n) is 14.9. The van der Waals surface area contributed by atoms with E-state index in [0.717, 1.165) is 32.1 Å². The predicted molar refractivity (Wildman–Crippen MR) is 100 cm³/mol. The van der Waals surface area contributed by atoms with Crippen LogP contribution in [0.2, 0.25) is 0 Å².